The number of amides is 2. The van der Waals surface area contributed by atoms with Crippen LogP contribution in [0.15, 0.2) is 97.1 Å². The summed E-state index contributed by atoms with van der Waals surface area (Å²) in [4.78, 5) is 34.6. The summed E-state index contributed by atoms with van der Waals surface area (Å²) in [6, 6.07) is 29.9. The van der Waals surface area contributed by atoms with Crippen LogP contribution in [0.3, 0.4) is 0 Å². The van der Waals surface area contributed by atoms with Gasteiger partial charge in [0.1, 0.15) is 5.92 Å². The molecule has 2 amide bonds. The first-order valence-electron chi connectivity index (χ1n) is 10.8. The Labute approximate surface area is 195 Å². The Hall–Kier alpha value is -3.67. The van der Waals surface area contributed by atoms with E-state index in [0.717, 1.165) is 22.0 Å². The molecular formula is C27H19ClN2O3. The Bertz CT molecular complexity index is 1370. The number of hydroxylamine groups is 1. The van der Waals surface area contributed by atoms with Crippen molar-refractivity contribution in [3.8, 4) is 0 Å². The minimum absolute atomic E-state index is 0.274. The molecule has 0 unspecified atom stereocenters. The van der Waals surface area contributed by atoms with Crippen molar-refractivity contribution in [2.45, 2.75) is 12.1 Å². The molecule has 5 nitrogen and oxygen atoms in total. The van der Waals surface area contributed by atoms with Crippen LogP contribution in [-0.2, 0) is 14.4 Å². The summed E-state index contributed by atoms with van der Waals surface area (Å²) in [6.07, 6.45) is -0.905. The molecule has 0 aliphatic carbocycles. The molecule has 2 aliphatic heterocycles. The van der Waals surface area contributed by atoms with Gasteiger partial charge in [0.2, 0.25) is 5.91 Å². The number of hydrogen-bond donors (Lipinski definition) is 0. The number of imide groups is 1. The number of halogens is 1. The number of carbonyl (C=O) groups is 2. The monoisotopic (exact) mass is 454 g/mol. The molecule has 0 N–H and O–H groups in total. The highest BCUT2D eigenvalue weighted by molar-refractivity contribution is 6.31. The fourth-order valence-corrected chi connectivity index (χ4v) is 5.01. The molecule has 6 heteroatoms. The van der Waals surface area contributed by atoms with Gasteiger partial charge in [0, 0.05) is 5.02 Å². The van der Waals surface area contributed by atoms with Gasteiger partial charge in [-0.3, -0.25) is 14.4 Å². The van der Waals surface area contributed by atoms with Crippen LogP contribution in [0.5, 0.6) is 0 Å². The first-order valence-corrected chi connectivity index (χ1v) is 11.1. The number of nitrogens with zero attached hydrogens (tertiary/aromatic N) is 2. The molecular weight excluding hydrogens is 436 g/mol. The second-order valence-electron chi connectivity index (χ2n) is 8.21. The Kier molecular flexibility index (Phi) is 4.68. The maximum absolute atomic E-state index is 13.7. The lowest BCUT2D eigenvalue weighted by Crippen LogP contribution is -2.37. The highest BCUT2D eigenvalue weighted by atomic mass is 35.5. The maximum Gasteiger partial charge on any atom is 0.266 e. The molecule has 0 aromatic heterocycles. The zero-order chi connectivity index (χ0) is 22.5. The maximum atomic E-state index is 13.7. The third-order valence-corrected chi connectivity index (χ3v) is 6.60. The molecule has 2 heterocycles. The largest absolute Gasteiger partial charge is 0.273 e. The summed E-state index contributed by atoms with van der Waals surface area (Å²) >= 11 is 6.01. The number of carbonyl (C=O) groups excluding carboxylic acids is 2. The van der Waals surface area contributed by atoms with E-state index in [-0.39, 0.29) is 11.8 Å². The molecule has 4 aromatic rings. The van der Waals surface area contributed by atoms with Gasteiger partial charge in [-0.05, 0) is 52.7 Å². The Balaban J connectivity index is 1.50. The molecule has 0 bridgehead atoms. The van der Waals surface area contributed by atoms with Gasteiger partial charge < -0.3 is 0 Å². The van der Waals surface area contributed by atoms with E-state index in [1.807, 2.05) is 72.8 Å². The topological polar surface area (TPSA) is 49.9 Å². The van der Waals surface area contributed by atoms with Crippen LogP contribution in [0.1, 0.15) is 11.6 Å². The van der Waals surface area contributed by atoms with Gasteiger partial charge in [-0.1, -0.05) is 72.3 Å². The van der Waals surface area contributed by atoms with Gasteiger partial charge in [-0.2, -0.15) is 0 Å². The molecule has 2 saturated heterocycles. The smallest absolute Gasteiger partial charge is 0.266 e. The third kappa shape index (κ3) is 3.12. The predicted octanol–water partition coefficient (Wildman–Crippen LogP) is 5.54. The van der Waals surface area contributed by atoms with Crippen molar-refractivity contribution in [3.05, 3.63) is 108 Å². The molecule has 33 heavy (non-hydrogen) atoms. The number of hydrogen-bond acceptors (Lipinski definition) is 4. The molecule has 2 fully saturated rings. The zero-order valence-electron chi connectivity index (χ0n) is 17.5. The van der Waals surface area contributed by atoms with Crippen LogP contribution in [0.2, 0.25) is 5.02 Å². The third-order valence-electron chi connectivity index (χ3n) is 6.35. The number of para-hydroxylation sites is 1. The lowest BCUT2D eigenvalue weighted by atomic mass is 9.87. The number of rotatable bonds is 3. The van der Waals surface area contributed by atoms with Crippen LogP contribution in [0.4, 0.5) is 11.4 Å². The van der Waals surface area contributed by atoms with E-state index in [1.165, 1.54) is 4.90 Å². The van der Waals surface area contributed by atoms with E-state index in [4.69, 9.17) is 16.4 Å². The van der Waals surface area contributed by atoms with Gasteiger partial charge >= 0.3 is 0 Å². The number of anilines is 2. The van der Waals surface area contributed by atoms with Gasteiger partial charge in [-0.25, -0.2) is 9.96 Å². The van der Waals surface area contributed by atoms with Crippen molar-refractivity contribution in [2.24, 2.45) is 5.92 Å². The minimum atomic E-state index is -0.905. The van der Waals surface area contributed by atoms with Crippen LogP contribution in [-0.4, -0.2) is 17.9 Å². The fourth-order valence-electron chi connectivity index (χ4n) is 4.88. The van der Waals surface area contributed by atoms with Crippen LogP contribution in [0, 0.1) is 5.92 Å². The predicted molar refractivity (Wildman–Crippen MR) is 128 cm³/mol. The quantitative estimate of drug-likeness (QED) is 0.381. The van der Waals surface area contributed by atoms with Gasteiger partial charge in [0.15, 0.2) is 6.10 Å². The average Bonchev–Trinajstić information content (AvgIpc) is 3.36. The van der Waals surface area contributed by atoms with Crippen molar-refractivity contribution in [2.75, 3.05) is 9.96 Å². The molecule has 0 spiro atoms. The SMILES string of the molecule is O=C1[C@H]2[C@H](ON(c3ccccc3)[C@H]2c2cccc3ccccc23)C(=O)N1c1ccc(Cl)cc1. The van der Waals surface area contributed by atoms with Crippen molar-refractivity contribution in [1.29, 1.82) is 0 Å². The average molecular weight is 455 g/mol. The molecule has 0 saturated carbocycles. The van der Waals surface area contributed by atoms with Crippen LogP contribution in [0.25, 0.3) is 10.8 Å². The van der Waals surface area contributed by atoms with E-state index in [0.29, 0.717) is 10.7 Å². The second kappa shape index (κ2) is 7.73. The lowest BCUT2D eigenvalue weighted by Gasteiger charge is -2.29. The van der Waals surface area contributed by atoms with Crippen molar-refractivity contribution in [3.63, 3.8) is 0 Å². The summed E-state index contributed by atoms with van der Waals surface area (Å²) < 4.78 is 0. The molecule has 3 atom stereocenters. The highest BCUT2D eigenvalue weighted by Crippen LogP contribution is 2.48. The fraction of sp³-hybridized carbons (Fsp3) is 0.111. The Morgan fingerprint density at radius 1 is 0.697 bits per heavy atom. The standard InChI is InChI=1S/C27H19ClN2O3/c28-18-13-15-19(16-14-18)29-26(31)23-24(22-12-6-8-17-7-4-5-11-21(17)22)30(33-25(23)27(29)32)20-9-2-1-3-10-20/h1-16,23-25H/t23-,24+,25+/m1/s1. The summed E-state index contributed by atoms with van der Waals surface area (Å²) in [5.74, 6) is -1.32. The normalized spacial score (nSPS) is 22.3. The van der Waals surface area contributed by atoms with Crippen molar-refractivity contribution in [1.82, 2.24) is 0 Å². The minimum Gasteiger partial charge on any atom is -0.273 e. The Morgan fingerprint density at radius 3 is 2.18 bits per heavy atom. The van der Waals surface area contributed by atoms with Crippen molar-refractivity contribution < 1.29 is 14.4 Å². The lowest BCUT2D eigenvalue weighted by molar-refractivity contribution is -0.126. The Morgan fingerprint density at radius 2 is 1.39 bits per heavy atom. The molecule has 4 aromatic carbocycles. The van der Waals surface area contributed by atoms with Gasteiger partial charge in [0.25, 0.3) is 5.91 Å². The summed E-state index contributed by atoms with van der Waals surface area (Å²) in [5.41, 5.74) is 2.24. The zero-order valence-corrected chi connectivity index (χ0v) is 18.2. The van der Waals surface area contributed by atoms with E-state index < -0.39 is 18.1 Å². The number of fused-ring (bicyclic) bond motifs is 2. The van der Waals surface area contributed by atoms with Crippen LogP contribution >= 0.6 is 11.6 Å². The van der Waals surface area contributed by atoms with Gasteiger partial charge in [-0.15, -0.1) is 0 Å². The van der Waals surface area contributed by atoms with E-state index in [1.54, 1.807) is 29.3 Å². The molecule has 0 radical (unpaired) electrons. The summed E-state index contributed by atoms with van der Waals surface area (Å²) in [7, 11) is 0. The summed E-state index contributed by atoms with van der Waals surface area (Å²) in [5, 5.41) is 4.36. The van der Waals surface area contributed by atoms with Gasteiger partial charge in [0.05, 0.1) is 17.4 Å². The van der Waals surface area contributed by atoms with Crippen LogP contribution < -0.4 is 9.96 Å². The first-order chi connectivity index (χ1) is 16.1. The van der Waals surface area contributed by atoms with Crippen molar-refractivity contribution >= 4 is 45.6 Å². The van der Waals surface area contributed by atoms with E-state index >= 15 is 0 Å². The van der Waals surface area contributed by atoms with E-state index in [2.05, 4.69) is 0 Å². The summed E-state index contributed by atoms with van der Waals surface area (Å²) in [6.45, 7) is 0. The molecule has 162 valence electrons. The second-order valence-corrected chi connectivity index (χ2v) is 8.65. The highest BCUT2D eigenvalue weighted by Gasteiger charge is 2.60. The van der Waals surface area contributed by atoms with E-state index in [9.17, 15) is 9.59 Å². The molecule has 2 aliphatic rings. The number of benzene rings is 4. The molecule has 6 rings (SSSR count). The first kappa shape index (κ1) is 20.0.